The zero-order valence-electron chi connectivity index (χ0n) is 11.3. The van der Waals surface area contributed by atoms with Crippen LogP contribution in [0.25, 0.3) is 0 Å². The van der Waals surface area contributed by atoms with E-state index in [4.69, 9.17) is 22.1 Å². The highest BCUT2D eigenvalue weighted by Gasteiger charge is 2.22. The van der Waals surface area contributed by atoms with Crippen molar-refractivity contribution in [2.75, 3.05) is 18.2 Å². The summed E-state index contributed by atoms with van der Waals surface area (Å²) in [5.41, 5.74) is 6.96. The van der Waals surface area contributed by atoms with Crippen molar-refractivity contribution >= 4 is 28.9 Å². The number of hydrogen-bond donors (Lipinski definition) is 2. The second-order valence-electron chi connectivity index (χ2n) is 4.36. The highest BCUT2D eigenvalue weighted by molar-refractivity contribution is 6.31. The Kier molecular flexibility index (Phi) is 4.65. The molecule has 0 heterocycles. The molecule has 0 aliphatic rings. The molecule has 1 atom stereocenters. The van der Waals surface area contributed by atoms with Crippen LogP contribution in [0.2, 0.25) is 5.02 Å². The first-order valence-corrected chi connectivity index (χ1v) is 6.54. The highest BCUT2D eigenvalue weighted by atomic mass is 35.5. The molecule has 0 saturated carbocycles. The van der Waals surface area contributed by atoms with E-state index in [9.17, 15) is 9.18 Å². The molecule has 0 fully saturated rings. The number of carbonyl (C=O) groups excluding carboxylic acids is 1. The smallest absolute Gasteiger partial charge is 0.332 e. The molecule has 2 aromatic carbocycles. The molecule has 0 amide bonds. The molecule has 0 saturated heterocycles. The number of nitrogens with one attached hydrogen (secondary N) is 1. The minimum absolute atomic E-state index is 0.0802. The van der Waals surface area contributed by atoms with Gasteiger partial charge in [-0.15, -0.1) is 0 Å². The molecular weight excluding hydrogens is 295 g/mol. The first-order chi connectivity index (χ1) is 10.0. The monoisotopic (exact) mass is 308 g/mol. The molecule has 1 unspecified atom stereocenters. The minimum Gasteiger partial charge on any atom is -0.467 e. The summed E-state index contributed by atoms with van der Waals surface area (Å²) in [5, 5.41) is 2.85. The molecule has 0 aliphatic heterocycles. The molecule has 0 aliphatic carbocycles. The van der Waals surface area contributed by atoms with Gasteiger partial charge in [0, 0.05) is 6.07 Å². The van der Waals surface area contributed by atoms with Gasteiger partial charge < -0.3 is 15.8 Å². The maximum Gasteiger partial charge on any atom is 0.332 e. The van der Waals surface area contributed by atoms with E-state index in [0.29, 0.717) is 11.3 Å². The number of methoxy groups -OCH3 is 1. The summed E-state index contributed by atoms with van der Waals surface area (Å²) in [7, 11) is 1.29. The number of esters is 1. The van der Waals surface area contributed by atoms with E-state index in [0.717, 1.165) is 6.07 Å². The number of nitrogen functional groups attached to an aromatic ring is 1. The highest BCUT2D eigenvalue weighted by Crippen LogP contribution is 2.30. The molecular formula is C15H14ClFN2O2. The number of anilines is 2. The summed E-state index contributed by atoms with van der Waals surface area (Å²) < 4.78 is 18.1. The first-order valence-electron chi connectivity index (χ1n) is 6.16. The predicted molar refractivity (Wildman–Crippen MR) is 80.6 cm³/mol. The van der Waals surface area contributed by atoms with Crippen molar-refractivity contribution in [2.24, 2.45) is 0 Å². The Labute approximate surface area is 126 Å². The van der Waals surface area contributed by atoms with Crippen LogP contribution in [-0.4, -0.2) is 13.1 Å². The van der Waals surface area contributed by atoms with Gasteiger partial charge in [-0.3, -0.25) is 0 Å². The fraction of sp³-hybridized carbons (Fsp3) is 0.133. The Morgan fingerprint density at radius 3 is 2.62 bits per heavy atom. The normalized spacial score (nSPS) is 11.8. The van der Waals surface area contributed by atoms with Crippen LogP contribution in [0.15, 0.2) is 42.5 Å². The van der Waals surface area contributed by atoms with Crippen LogP contribution < -0.4 is 11.1 Å². The van der Waals surface area contributed by atoms with Crippen molar-refractivity contribution in [3.05, 3.63) is 58.9 Å². The van der Waals surface area contributed by atoms with Crippen LogP contribution in [0.1, 0.15) is 11.6 Å². The molecule has 0 radical (unpaired) electrons. The molecule has 0 bridgehead atoms. The molecule has 3 N–H and O–H groups in total. The van der Waals surface area contributed by atoms with Gasteiger partial charge in [0.25, 0.3) is 0 Å². The van der Waals surface area contributed by atoms with Gasteiger partial charge in [-0.25, -0.2) is 9.18 Å². The number of benzene rings is 2. The Morgan fingerprint density at radius 2 is 2.00 bits per heavy atom. The Hall–Kier alpha value is -2.27. The van der Waals surface area contributed by atoms with Gasteiger partial charge in [0.2, 0.25) is 0 Å². The van der Waals surface area contributed by atoms with Crippen LogP contribution in [0.5, 0.6) is 0 Å². The van der Waals surface area contributed by atoms with Crippen LogP contribution in [0, 0.1) is 5.82 Å². The SMILES string of the molecule is COC(=O)C(Nc1cc(Cl)c(F)cc1N)c1ccccc1. The largest absolute Gasteiger partial charge is 0.467 e. The second kappa shape index (κ2) is 6.45. The molecule has 4 nitrogen and oxygen atoms in total. The number of rotatable bonds is 4. The number of ether oxygens (including phenoxy) is 1. The van der Waals surface area contributed by atoms with Crippen molar-refractivity contribution in [3.8, 4) is 0 Å². The van der Waals surface area contributed by atoms with Gasteiger partial charge in [-0.05, 0) is 11.6 Å². The third-order valence-electron chi connectivity index (χ3n) is 2.96. The van der Waals surface area contributed by atoms with E-state index in [1.165, 1.54) is 13.2 Å². The predicted octanol–water partition coefficient (Wildman–Crippen LogP) is 3.39. The van der Waals surface area contributed by atoms with Gasteiger partial charge in [-0.1, -0.05) is 41.9 Å². The summed E-state index contributed by atoms with van der Waals surface area (Å²) in [6.07, 6.45) is 0. The van der Waals surface area contributed by atoms with Crippen molar-refractivity contribution in [1.29, 1.82) is 0 Å². The second-order valence-corrected chi connectivity index (χ2v) is 4.77. The number of nitrogens with two attached hydrogens (primary N) is 1. The van der Waals surface area contributed by atoms with Gasteiger partial charge in [0.1, 0.15) is 5.82 Å². The Balaban J connectivity index is 2.36. The van der Waals surface area contributed by atoms with Crippen LogP contribution in [0.3, 0.4) is 0 Å². The fourth-order valence-corrected chi connectivity index (χ4v) is 2.05. The van der Waals surface area contributed by atoms with Crippen LogP contribution in [-0.2, 0) is 9.53 Å². The molecule has 6 heteroatoms. The minimum atomic E-state index is -0.764. The van der Waals surface area contributed by atoms with Crippen LogP contribution in [0.4, 0.5) is 15.8 Å². The molecule has 110 valence electrons. The third-order valence-corrected chi connectivity index (χ3v) is 3.25. The van der Waals surface area contributed by atoms with Gasteiger partial charge >= 0.3 is 5.97 Å². The van der Waals surface area contributed by atoms with Crippen LogP contribution >= 0.6 is 11.6 Å². The first kappa shape index (κ1) is 15.1. The van der Waals surface area contributed by atoms with Gasteiger partial charge in [0.15, 0.2) is 6.04 Å². The average Bonchev–Trinajstić information content (AvgIpc) is 2.49. The summed E-state index contributed by atoms with van der Waals surface area (Å²) >= 11 is 5.74. The van der Waals surface area contributed by atoms with Crippen molar-refractivity contribution in [2.45, 2.75) is 6.04 Å². The van der Waals surface area contributed by atoms with E-state index >= 15 is 0 Å². The van der Waals surface area contributed by atoms with E-state index in [1.807, 2.05) is 6.07 Å². The standard InChI is InChI=1S/C15H14ClFN2O2/c1-21-15(20)14(9-5-3-2-4-6-9)19-13-7-10(16)11(17)8-12(13)18/h2-8,14,19H,18H2,1H3. The van der Waals surface area contributed by atoms with Crippen molar-refractivity contribution < 1.29 is 13.9 Å². The maximum atomic E-state index is 13.3. The van der Waals surface area contributed by atoms with E-state index < -0.39 is 17.8 Å². The zero-order chi connectivity index (χ0) is 15.4. The number of hydrogen-bond acceptors (Lipinski definition) is 4. The topological polar surface area (TPSA) is 64.3 Å². The quantitative estimate of drug-likeness (QED) is 0.671. The summed E-state index contributed by atoms with van der Waals surface area (Å²) in [5.74, 6) is -1.10. The third kappa shape index (κ3) is 3.44. The molecule has 21 heavy (non-hydrogen) atoms. The molecule has 0 aromatic heterocycles. The lowest BCUT2D eigenvalue weighted by molar-refractivity contribution is -0.141. The van der Waals surface area contributed by atoms with Crippen molar-refractivity contribution in [3.63, 3.8) is 0 Å². The number of halogens is 2. The lowest BCUT2D eigenvalue weighted by atomic mass is 10.1. The summed E-state index contributed by atoms with van der Waals surface area (Å²) in [4.78, 5) is 11.9. The molecule has 2 aromatic rings. The lowest BCUT2D eigenvalue weighted by Crippen LogP contribution is -2.22. The van der Waals surface area contributed by atoms with Gasteiger partial charge in [0.05, 0.1) is 23.5 Å². The van der Waals surface area contributed by atoms with E-state index in [-0.39, 0.29) is 10.7 Å². The Morgan fingerprint density at radius 1 is 1.33 bits per heavy atom. The zero-order valence-corrected chi connectivity index (χ0v) is 12.0. The summed E-state index contributed by atoms with van der Waals surface area (Å²) in [6.45, 7) is 0. The molecule has 0 spiro atoms. The van der Waals surface area contributed by atoms with E-state index in [2.05, 4.69) is 5.32 Å². The number of carbonyl (C=O) groups is 1. The average molecular weight is 309 g/mol. The van der Waals surface area contributed by atoms with Gasteiger partial charge in [-0.2, -0.15) is 0 Å². The maximum absolute atomic E-state index is 13.3. The van der Waals surface area contributed by atoms with E-state index in [1.54, 1.807) is 24.3 Å². The fourth-order valence-electron chi connectivity index (χ4n) is 1.88. The lowest BCUT2D eigenvalue weighted by Gasteiger charge is -2.19. The molecule has 2 rings (SSSR count). The summed E-state index contributed by atoms with van der Waals surface area (Å²) in [6, 6.07) is 10.7. The Bertz CT molecular complexity index is 650. The van der Waals surface area contributed by atoms with Crippen molar-refractivity contribution in [1.82, 2.24) is 0 Å².